The molecular formula is C25H36O3. The molecule has 0 aliphatic heterocycles. The highest BCUT2D eigenvalue weighted by Crippen LogP contribution is 2.29. The largest absolute Gasteiger partial charge is 0.493 e. The van der Waals surface area contributed by atoms with Crippen LogP contribution in [0, 0.1) is 0 Å². The molecule has 154 valence electrons. The third-order valence-corrected chi connectivity index (χ3v) is 5.29. The molecule has 2 aromatic rings. The maximum Gasteiger partial charge on any atom is 0.342 e. The summed E-state index contributed by atoms with van der Waals surface area (Å²) in [5.74, 6) is 0.281. The number of fused-ring (bicyclic) bond motifs is 1. The molecule has 0 saturated heterocycles. The molecule has 0 N–H and O–H groups in total. The SMILES string of the molecule is CCCCCCCCCCCCCOc1ccc2ccccc2c1C(=O)OC. The van der Waals surface area contributed by atoms with Crippen LogP contribution in [0.4, 0.5) is 0 Å². The molecule has 0 aromatic heterocycles. The van der Waals surface area contributed by atoms with Crippen molar-refractivity contribution < 1.29 is 14.3 Å². The average molecular weight is 385 g/mol. The Hall–Kier alpha value is -2.03. The number of benzene rings is 2. The van der Waals surface area contributed by atoms with Crippen molar-refractivity contribution in [3.63, 3.8) is 0 Å². The first-order chi connectivity index (χ1) is 13.8. The molecule has 0 unspecified atom stereocenters. The van der Waals surface area contributed by atoms with Crippen molar-refractivity contribution in [1.29, 1.82) is 0 Å². The predicted molar refractivity (Wildman–Crippen MR) is 117 cm³/mol. The fourth-order valence-electron chi connectivity index (χ4n) is 3.63. The van der Waals surface area contributed by atoms with E-state index in [2.05, 4.69) is 6.92 Å². The van der Waals surface area contributed by atoms with Gasteiger partial charge in [-0.3, -0.25) is 0 Å². The molecule has 0 heterocycles. The highest BCUT2D eigenvalue weighted by atomic mass is 16.5. The number of carbonyl (C=O) groups excluding carboxylic acids is 1. The first-order valence-electron chi connectivity index (χ1n) is 11.0. The van der Waals surface area contributed by atoms with Crippen LogP contribution in [0.15, 0.2) is 36.4 Å². The van der Waals surface area contributed by atoms with Crippen molar-refractivity contribution in [3.05, 3.63) is 42.0 Å². The van der Waals surface area contributed by atoms with E-state index in [1.54, 1.807) is 0 Å². The minimum Gasteiger partial charge on any atom is -0.493 e. The molecule has 0 bridgehead atoms. The van der Waals surface area contributed by atoms with Gasteiger partial charge in [-0.25, -0.2) is 4.79 Å². The number of ether oxygens (including phenoxy) is 2. The topological polar surface area (TPSA) is 35.5 Å². The summed E-state index contributed by atoms with van der Waals surface area (Å²) < 4.78 is 10.9. The normalized spacial score (nSPS) is 10.9. The molecule has 0 aliphatic rings. The molecule has 3 heteroatoms. The van der Waals surface area contributed by atoms with E-state index < -0.39 is 0 Å². The second kappa shape index (κ2) is 13.2. The molecule has 0 fully saturated rings. The number of esters is 1. The van der Waals surface area contributed by atoms with Crippen molar-refractivity contribution in [2.75, 3.05) is 13.7 Å². The van der Waals surface area contributed by atoms with E-state index in [4.69, 9.17) is 9.47 Å². The van der Waals surface area contributed by atoms with E-state index in [1.807, 2.05) is 36.4 Å². The van der Waals surface area contributed by atoms with E-state index in [-0.39, 0.29) is 5.97 Å². The van der Waals surface area contributed by atoms with Crippen LogP contribution in [-0.2, 0) is 4.74 Å². The minimum atomic E-state index is -0.342. The van der Waals surface area contributed by atoms with Crippen LogP contribution in [-0.4, -0.2) is 19.7 Å². The fourth-order valence-corrected chi connectivity index (χ4v) is 3.63. The maximum absolute atomic E-state index is 12.3. The number of unbranched alkanes of at least 4 members (excludes halogenated alkanes) is 10. The van der Waals surface area contributed by atoms with Crippen LogP contribution in [0.1, 0.15) is 87.9 Å². The van der Waals surface area contributed by atoms with Gasteiger partial charge in [0.15, 0.2) is 0 Å². The maximum atomic E-state index is 12.3. The molecule has 0 spiro atoms. The molecule has 28 heavy (non-hydrogen) atoms. The van der Waals surface area contributed by atoms with Crippen LogP contribution < -0.4 is 4.74 Å². The lowest BCUT2D eigenvalue weighted by atomic mass is 10.0. The highest BCUT2D eigenvalue weighted by molar-refractivity contribution is 6.07. The Kier molecular flexibility index (Phi) is 10.5. The van der Waals surface area contributed by atoms with Gasteiger partial charge in [-0.2, -0.15) is 0 Å². The lowest BCUT2D eigenvalue weighted by Gasteiger charge is -2.13. The van der Waals surface area contributed by atoms with Crippen LogP contribution in [0.2, 0.25) is 0 Å². The molecule has 0 amide bonds. The summed E-state index contributed by atoms with van der Waals surface area (Å²) in [5, 5.41) is 1.90. The van der Waals surface area contributed by atoms with E-state index >= 15 is 0 Å². The van der Waals surface area contributed by atoms with E-state index in [0.29, 0.717) is 17.9 Å². The van der Waals surface area contributed by atoms with Gasteiger partial charge in [-0.15, -0.1) is 0 Å². The number of methoxy groups -OCH3 is 1. The van der Waals surface area contributed by atoms with Gasteiger partial charge in [0.2, 0.25) is 0 Å². The van der Waals surface area contributed by atoms with Gasteiger partial charge in [0.1, 0.15) is 11.3 Å². The van der Waals surface area contributed by atoms with Crippen LogP contribution in [0.3, 0.4) is 0 Å². The number of carbonyl (C=O) groups is 1. The fraction of sp³-hybridized carbons (Fsp3) is 0.560. The van der Waals surface area contributed by atoms with E-state index in [1.165, 1.54) is 71.3 Å². The average Bonchev–Trinajstić information content (AvgIpc) is 2.73. The van der Waals surface area contributed by atoms with Crippen molar-refractivity contribution in [1.82, 2.24) is 0 Å². The third kappa shape index (κ3) is 7.18. The minimum absolute atomic E-state index is 0.342. The van der Waals surface area contributed by atoms with E-state index in [9.17, 15) is 4.79 Å². The smallest absolute Gasteiger partial charge is 0.342 e. The van der Waals surface area contributed by atoms with Crippen molar-refractivity contribution in [2.24, 2.45) is 0 Å². The first kappa shape index (κ1) is 22.3. The standard InChI is InChI=1S/C25H36O3/c1-3-4-5-6-7-8-9-10-11-12-15-20-28-23-19-18-21-16-13-14-17-22(21)24(23)25(26)27-2/h13-14,16-19H,3-12,15,20H2,1-2H3. The summed E-state index contributed by atoms with van der Waals surface area (Å²) in [7, 11) is 1.41. The summed E-state index contributed by atoms with van der Waals surface area (Å²) in [6, 6.07) is 11.7. The van der Waals surface area contributed by atoms with Crippen molar-refractivity contribution >= 4 is 16.7 Å². The Morgan fingerprint density at radius 3 is 2.04 bits per heavy atom. The summed E-state index contributed by atoms with van der Waals surface area (Å²) >= 11 is 0. The number of hydrogen-bond acceptors (Lipinski definition) is 3. The quantitative estimate of drug-likeness (QED) is 0.253. The van der Waals surface area contributed by atoms with Gasteiger partial charge in [0.25, 0.3) is 0 Å². The molecule has 2 aromatic carbocycles. The molecule has 0 aliphatic carbocycles. The molecular weight excluding hydrogens is 348 g/mol. The van der Waals surface area contributed by atoms with Gasteiger partial charge in [-0.05, 0) is 23.3 Å². The van der Waals surface area contributed by atoms with Crippen molar-refractivity contribution in [2.45, 2.75) is 77.6 Å². The van der Waals surface area contributed by atoms with Crippen LogP contribution >= 0.6 is 0 Å². The molecule has 0 saturated carbocycles. The molecule has 0 radical (unpaired) electrons. The summed E-state index contributed by atoms with van der Waals surface area (Å²) in [5.41, 5.74) is 0.531. The van der Waals surface area contributed by atoms with Crippen molar-refractivity contribution in [3.8, 4) is 5.75 Å². The second-order valence-corrected chi connectivity index (χ2v) is 7.54. The summed E-state index contributed by atoms with van der Waals surface area (Å²) in [6.45, 7) is 2.90. The predicted octanol–water partition coefficient (Wildman–Crippen LogP) is 7.32. The Bertz CT molecular complexity index is 708. The Morgan fingerprint density at radius 2 is 1.39 bits per heavy atom. The Balaban J connectivity index is 1.69. The molecule has 3 nitrogen and oxygen atoms in total. The number of rotatable bonds is 14. The van der Waals surface area contributed by atoms with Gasteiger partial charge >= 0.3 is 5.97 Å². The highest BCUT2D eigenvalue weighted by Gasteiger charge is 2.17. The van der Waals surface area contributed by atoms with Gasteiger partial charge < -0.3 is 9.47 Å². The van der Waals surface area contributed by atoms with Gasteiger partial charge in [0.05, 0.1) is 13.7 Å². The Labute approximate surface area is 170 Å². The molecule has 0 atom stereocenters. The zero-order chi connectivity index (χ0) is 20.0. The molecule has 2 rings (SSSR count). The summed E-state index contributed by atoms with van der Waals surface area (Å²) in [6.07, 6.45) is 14.4. The van der Waals surface area contributed by atoms with Gasteiger partial charge in [-0.1, -0.05) is 101 Å². The third-order valence-electron chi connectivity index (χ3n) is 5.29. The second-order valence-electron chi connectivity index (χ2n) is 7.54. The Morgan fingerprint density at radius 1 is 0.786 bits per heavy atom. The van der Waals surface area contributed by atoms with Crippen LogP contribution in [0.5, 0.6) is 5.75 Å². The van der Waals surface area contributed by atoms with Crippen LogP contribution in [0.25, 0.3) is 10.8 Å². The zero-order valence-corrected chi connectivity index (χ0v) is 17.7. The lowest BCUT2D eigenvalue weighted by molar-refractivity contribution is 0.0598. The zero-order valence-electron chi connectivity index (χ0n) is 17.7. The monoisotopic (exact) mass is 384 g/mol. The number of hydrogen-bond donors (Lipinski definition) is 0. The summed E-state index contributed by atoms with van der Waals surface area (Å²) in [4.78, 5) is 12.3. The van der Waals surface area contributed by atoms with Gasteiger partial charge in [0, 0.05) is 0 Å². The lowest BCUT2D eigenvalue weighted by Crippen LogP contribution is -2.07. The first-order valence-corrected chi connectivity index (χ1v) is 11.0. The van der Waals surface area contributed by atoms with E-state index in [0.717, 1.165) is 17.2 Å².